The maximum absolute atomic E-state index is 5.87. The van der Waals surface area contributed by atoms with Crippen LogP contribution < -0.4 is 9.64 Å². The van der Waals surface area contributed by atoms with Gasteiger partial charge in [-0.25, -0.2) is 4.68 Å². The number of aromatic nitrogens is 3. The molecule has 1 aliphatic rings. The minimum atomic E-state index is 0.648. The van der Waals surface area contributed by atoms with Crippen LogP contribution in [0.3, 0.4) is 0 Å². The average molecular weight is 476 g/mol. The van der Waals surface area contributed by atoms with Crippen molar-refractivity contribution in [2.24, 2.45) is 0 Å². The summed E-state index contributed by atoms with van der Waals surface area (Å²) in [5.41, 5.74) is 2.33. The first-order valence-corrected chi connectivity index (χ1v) is 12.1. The molecule has 4 aromatic rings. The lowest BCUT2D eigenvalue weighted by Crippen LogP contribution is -2.47. The van der Waals surface area contributed by atoms with Gasteiger partial charge in [0.25, 0.3) is 0 Å². The van der Waals surface area contributed by atoms with Gasteiger partial charge in [0.1, 0.15) is 5.75 Å². The van der Waals surface area contributed by atoms with Crippen LogP contribution in [0.2, 0.25) is 0 Å². The predicted octanol–water partition coefficient (Wildman–Crippen LogP) is 4.90. The van der Waals surface area contributed by atoms with E-state index in [0.717, 1.165) is 49.2 Å². The van der Waals surface area contributed by atoms with E-state index in [0.29, 0.717) is 24.6 Å². The highest BCUT2D eigenvalue weighted by molar-refractivity contribution is 7.71. The van der Waals surface area contributed by atoms with Crippen LogP contribution in [0.5, 0.6) is 5.75 Å². The number of para-hydroxylation sites is 2. The molecule has 1 fully saturated rings. The number of furan rings is 1. The van der Waals surface area contributed by atoms with Crippen LogP contribution >= 0.6 is 12.2 Å². The molecule has 5 rings (SSSR count). The van der Waals surface area contributed by atoms with Crippen molar-refractivity contribution in [3.63, 3.8) is 0 Å². The molecule has 1 aliphatic heterocycles. The molecule has 3 heterocycles. The molecule has 0 bridgehead atoms. The molecule has 34 heavy (non-hydrogen) atoms. The minimum absolute atomic E-state index is 0.648. The van der Waals surface area contributed by atoms with Gasteiger partial charge in [-0.2, -0.15) is 0 Å². The minimum Gasteiger partial charge on any atom is -0.492 e. The molecule has 0 amide bonds. The van der Waals surface area contributed by atoms with Crippen LogP contribution in [0.4, 0.5) is 5.69 Å². The molecule has 0 spiro atoms. The first-order chi connectivity index (χ1) is 16.7. The maximum Gasteiger partial charge on any atom is 0.199 e. The third-order valence-electron chi connectivity index (χ3n) is 6.06. The Hall–Kier alpha value is -3.36. The zero-order valence-electron chi connectivity index (χ0n) is 19.3. The van der Waals surface area contributed by atoms with Crippen LogP contribution in [0.25, 0.3) is 11.6 Å². The van der Waals surface area contributed by atoms with Gasteiger partial charge in [0, 0.05) is 26.2 Å². The summed E-state index contributed by atoms with van der Waals surface area (Å²) in [4.78, 5) is 4.78. The molecular formula is C26H29N5O2S. The smallest absolute Gasteiger partial charge is 0.199 e. The topological polar surface area (TPSA) is 51.6 Å². The van der Waals surface area contributed by atoms with Crippen molar-refractivity contribution < 1.29 is 9.15 Å². The van der Waals surface area contributed by atoms with E-state index in [1.54, 1.807) is 6.26 Å². The molecule has 0 aliphatic carbocycles. The summed E-state index contributed by atoms with van der Waals surface area (Å²) in [6.45, 7) is 7.67. The highest BCUT2D eigenvalue weighted by atomic mass is 32.1. The van der Waals surface area contributed by atoms with Crippen molar-refractivity contribution in [1.82, 2.24) is 19.2 Å². The van der Waals surface area contributed by atoms with Crippen molar-refractivity contribution in [1.29, 1.82) is 0 Å². The Morgan fingerprint density at radius 1 is 0.941 bits per heavy atom. The van der Waals surface area contributed by atoms with E-state index in [-0.39, 0.29) is 0 Å². The van der Waals surface area contributed by atoms with E-state index < -0.39 is 0 Å². The van der Waals surface area contributed by atoms with Gasteiger partial charge in [-0.05, 0) is 49.0 Å². The SMILES string of the molecule is CCOc1ccccc1N1CCN(Cn2nc(-c3ccco3)n(Cc3ccccc3)c2=S)CC1. The zero-order valence-corrected chi connectivity index (χ0v) is 20.2. The van der Waals surface area contributed by atoms with Gasteiger partial charge < -0.3 is 14.1 Å². The number of rotatable bonds is 8. The summed E-state index contributed by atoms with van der Waals surface area (Å²) in [7, 11) is 0. The number of hydrogen-bond acceptors (Lipinski definition) is 6. The third kappa shape index (κ3) is 4.78. The fourth-order valence-electron chi connectivity index (χ4n) is 4.35. The number of hydrogen-bond donors (Lipinski definition) is 0. The van der Waals surface area contributed by atoms with Gasteiger partial charge >= 0.3 is 0 Å². The summed E-state index contributed by atoms with van der Waals surface area (Å²) in [5, 5.41) is 4.86. The van der Waals surface area contributed by atoms with Gasteiger partial charge in [0.05, 0.1) is 31.8 Å². The molecule has 0 saturated carbocycles. The van der Waals surface area contributed by atoms with Gasteiger partial charge in [-0.3, -0.25) is 9.47 Å². The van der Waals surface area contributed by atoms with Crippen molar-refractivity contribution in [2.45, 2.75) is 20.1 Å². The van der Waals surface area contributed by atoms with Crippen LogP contribution in [0, 0.1) is 4.77 Å². The molecule has 1 saturated heterocycles. The van der Waals surface area contributed by atoms with Crippen LogP contribution in [0.15, 0.2) is 77.4 Å². The van der Waals surface area contributed by atoms with Crippen molar-refractivity contribution in [2.75, 3.05) is 37.7 Å². The first-order valence-electron chi connectivity index (χ1n) is 11.7. The molecule has 0 atom stereocenters. The summed E-state index contributed by atoms with van der Waals surface area (Å²) in [5.74, 6) is 2.42. The Kier molecular flexibility index (Phi) is 6.78. The average Bonchev–Trinajstić information content (AvgIpc) is 3.51. The third-order valence-corrected chi connectivity index (χ3v) is 6.49. The van der Waals surface area contributed by atoms with Crippen molar-refractivity contribution >= 4 is 17.9 Å². The van der Waals surface area contributed by atoms with E-state index in [1.807, 2.05) is 54.1 Å². The molecule has 0 radical (unpaired) electrons. The second kappa shape index (κ2) is 10.3. The van der Waals surface area contributed by atoms with E-state index in [1.165, 1.54) is 5.56 Å². The van der Waals surface area contributed by atoms with Crippen LogP contribution in [-0.4, -0.2) is 52.0 Å². The lowest BCUT2D eigenvalue weighted by molar-refractivity contribution is 0.193. The van der Waals surface area contributed by atoms with Gasteiger partial charge in [0.15, 0.2) is 16.4 Å². The summed E-state index contributed by atoms with van der Waals surface area (Å²) < 4.78 is 16.2. The predicted molar refractivity (Wildman–Crippen MR) is 136 cm³/mol. The second-order valence-corrected chi connectivity index (χ2v) is 8.67. The number of benzene rings is 2. The van der Waals surface area contributed by atoms with E-state index in [2.05, 4.69) is 38.6 Å². The zero-order chi connectivity index (χ0) is 23.3. The lowest BCUT2D eigenvalue weighted by Gasteiger charge is -2.36. The molecule has 2 aromatic carbocycles. The molecule has 7 nitrogen and oxygen atoms in total. The standard InChI is InChI=1S/C26H29N5O2S/c1-2-32-23-12-7-6-11-22(23)29-16-14-28(15-17-29)20-31-26(34)30(19-21-9-4-3-5-10-21)25(27-31)24-13-8-18-33-24/h3-13,18H,2,14-17,19-20H2,1H3. The summed E-state index contributed by atoms with van der Waals surface area (Å²) >= 11 is 5.87. The second-order valence-electron chi connectivity index (χ2n) is 8.30. The quantitative estimate of drug-likeness (QED) is 0.338. The molecule has 8 heteroatoms. The highest BCUT2D eigenvalue weighted by Crippen LogP contribution is 2.29. The van der Waals surface area contributed by atoms with E-state index in [9.17, 15) is 0 Å². The highest BCUT2D eigenvalue weighted by Gasteiger charge is 2.22. The first kappa shape index (κ1) is 22.4. The monoisotopic (exact) mass is 475 g/mol. The maximum atomic E-state index is 5.87. The number of nitrogens with zero attached hydrogens (tertiary/aromatic N) is 5. The Morgan fingerprint density at radius 3 is 2.44 bits per heavy atom. The van der Waals surface area contributed by atoms with Crippen LogP contribution in [0.1, 0.15) is 12.5 Å². The van der Waals surface area contributed by atoms with Crippen LogP contribution in [-0.2, 0) is 13.2 Å². The summed E-state index contributed by atoms with van der Waals surface area (Å²) in [6.07, 6.45) is 1.67. The largest absolute Gasteiger partial charge is 0.492 e. The number of ether oxygens (including phenoxy) is 1. The Bertz CT molecular complexity index is 1260. The van der Waals surface area contributed by atoms with Gasteiger partial charge in [-0.15, -0.1) is 5.10 Å². The van der Waals surface area contributed by atoms with E-state index in [4.69, 9.17) is 26.5 Å². The Labute approximate surface area is 204 Å². The van der Waals surface area contributed by atoms with Crippen molar-refractivity contribution in [3.8, 4) is 17.3 Å². The molecular weight excluding hydrogens is 446 g/mol. The molecule has 176 valence electrons. The van der Waals surface area contributed by atoms with Crippen molar-refractivity contribution in [3.05, 3.63) is 83.3 Å². The number of piperazine rings is 1. The summed E-state index contributed by atoms with van der Waals surface area (Å²) in [6, 6.07) is 22.4. The Balaban J connectivity index is 1.33. The van der Waals surface area contributed by atoms with Gasteiger partial charge in [0.2, 0.25) is 0 Å². The molecule has 0 unspecified atom stereocenters. The fourth-order valence-corrected chi connectivity index (χ4v) is 4.59. The normalized spacial score (nSPS) is 14.4. The number of anilines is 1. The lowest BCUT2D eigenvalue weighted by atomic mass is 10.2. The van der Waals surface area contributed by atoms with E-state index >= 15 is 0 Å². The molecule has 0 N–H and O–H groups in total. The van der Waals surface area contributed by atoms with Gasteiger partial charge in [-0.1, -0.05) is 42.5 Å². The fraction of sp³-hybridized carbons (Fsp3) is 0.308. The Morgan fingerprint density at radius 2 is 1.71 bits per heavy atom. The molecule has 2 aromatic heterocycles.